The summed E-state index contributed by atoms with van der Waals surface area (Å²) < 4.78 is 0. The number of nitrogens with one attached hydrogen (secondary N) is 2. The van der Waals surface area contributed by atoms with Crippen LogP contribution in [-0.2, 0) is 6.54 Å². The summed E-state index contributed by atoms with van der Waals surface area (Å²) in [5.41, 5.74) is 6.70. The summed E-state index contributed by atoms with van der Waals surface area (Å²) in [5.74, 6) is -0.160. The average molecular weight is 149 g/mol. The Balaban J connectivity index is 2.52. The van der Waals surface area contributed by atoms with Gasteiger partial charge in [-0.25, -0.2) is 5.43 Å². The Kier molecular flexibility index (Phi) is 1.33. The number of hydrogen-bond acceptors (Lipinski definition) is 3. The fourth-order valence-corrected chi connectivity index (χ4v) is 1.06. The van der Waals surface area contributed by atoms with Crippen molar-refractivity contribution in [2.75, 3.05) is 0 Å². The van der Waals surface area contributed by atoms with Crippen molar-refractivity contribution in [2.45, 2.75) is 6.54 Å². The van der Waals surface area contributed by atoms with Gasteiger partial charge in [0.05, 0.1) is 0 Å². The normalized spacial score (nSPS) is 15.5. The van der Waals surface area contributed by atoms with E-state index in [1.165, 1.54) is 0 Å². The third kappa shape index (κ3) is 0.969. The number of fused-ring (bicyclic) bond motifs is 1. The molecule has 0 aliphatic carbocycles. The van der Waals surface area contributed by atoms with Gasteiger partial charge in [0.2, 0.25) is 0 Å². The topological polar surface area (TPSA) is 54.0 Å². The molecule has 2 heterocycles. The Labute approximate surface area is 63.6 Å². The lowest BCUT2D eigenvalue weighted by molar-refractivity contribution is 0.0914. The molecule has 1 amide bonds. The molecule has 0 radical (unpaired) electrons. The van der Waals surface area contributed by atoms with Crippen molar-refractivity contribution < 1.29 is 4.79 Å². The number of pyridine rings is 1. The fraction of sp³-hybridized carbons (Fsp3) is 0.143. The van der Waals surface area contributed by atoms with E-state index >= 15 is 0 Å². The van der Waals surface area contributed by atoms with Crippen LogP contribution in [0.4, 0.5) is 0 Å². The smallest absolute Gasteiger partial charge is 0.284 e. The first-order valence-corrected chi connectivity index (χ1v) is 3.35. The minimum atomic E-state index is -0.160. The number of hydrogen-bond donors (Lipinski definition) is 2. The Morgan fingerprint density at radius 3 is 3.27 bits per heavy atom. The molecule has 4 heteroatoms. The molecule has 2 rings (SSSR count). The van der Waals surface area contributed by atoms with Crippen molar-refractivity contribution in [1.82, 2.24) is 15.8 Å². The van der Waals surface area contributed by atoms with Crippen LogP contribution < -0.4 is 10.9 Å². The van der Waals surface area contributed by atoms with Gasteiger partial charge in [-0.3, -0.25) is 15.2 Å². The van der Waals surface area contributed by atoms with Crippen molar-refractivity contribution in [2.24, 2.45) is 0 Å². The number of rotatable bonds is 0. The summed E-state index contributed by atoms with van der Waals surface area (Å²) in [6, 6.07) is 3.70. The van der Waals surface area contributed by atoms with Gasteiger partial charge in [0, 0.05) is 12.7 Å². The Bertz CT molecular complexity index is 297. The molecule has 0 aromatic carbocycles. The molecule has 2 N–H and O–H groups in total. The van der Waals surface area contributed by atoms with Crippen LogP contribution >= 0.6 is 0 Å². The Hall–Kier alpha value is -1.42. The molecule has 4 nitrogen and oxygen atoms in total. The summed E-state index contributed by atoms with van der Waals surface area (Å²) in [5, 5.41) is 0. The van der Waals surface area contributed by atoms with Gasteiger partial charge in [-0.1, -0.05) is 6.07 Å². The molecule has 0 unspecified atom stereocenters. The van der Waals surface area contributed by atoms with E-state index in [-0.39, 0.29) is 5.91 Å². The lowest BCUT2D eigenvalue weighted by Gasteiger charge is -2.15. The highest BCUT2D eigenvalue weighted by Gasteiger charge is 2.15. The van der Waals surface area contributed by atoms with Crippen LogP contribution in [0.5, 0.6) is 0 Å². The highest BCUT2D eigenvalue weighted by Crippen LogP contribution is 2.06. The van der Waals surface area contributed by atoms with E-state index < -0.39 is 0 Å². The van der Waals surface area contributed by atoms with Gasteiger partial charge < -0.3 is 0 Å². The number of carbonyl (C=O) groups is 1. The van der Waals surface area contributed by atoms with Crippen molar-refractivity contribution in [3.8, 4) is 0 Å². The molecule has 1 aliphatic heterocycles. The van der Waals surface area contributed by atoms with Crippen LogP contribution in [0.2, 0.25) is 0 Å². The van der Waals surface area contributed by atoms with Gasteiger partial charge in [-0.05, 0) is 11.6 Å². The van der Waals surface area contributed by atoms with Gasteiger partial charge in [0.25, 0.3) is 5.91 Å². The predicted molar refractivity (Wildman–Crippen MR) is 38.5 cm³/mol. The highest BCUT2D eigenvalue weighted by atomic mass is 16.2. The number of carbonyl (C=O) groups excluding carboxylic acids is 1. The van der Waals surface area contributed by atoms with Crippen molar-refractivity contribution >= 4 is 5.91 Å². The van der Waals surface area contributed by atoms with E-state index in [2.05, 4.69) is 15.8 Å². The van der Waals surface area contributed by atoms with E-state index in [0.29, 0.717) is 12.2 Å². The van der Waals surface area contributed by atoms with Crippen molar-refractivity contribution in [3.05, 3.63) is 29.6 Å². The summed E-state index contributed by atoms with van der Waals surface area (Å²) >= 11 is 0. The molecule has 0 bridgehead atoms. The maximum absolute atomic E-state index is 11.0. The van der Waals surface area contributed by atoms with Crippen LogP contribution in [0, 0.1) is 0 Å². The summed E-state index contributed by atoms with van der Waals surface area (Å²) in [4.78, 5) is 15.0. The quantitative estimate of drug-likeness (QED) is 0.538. The summed E-state index contributed by atoms with van der Waals surface area (Å²) in [6.07, 6.45) is 1.61. The minimum absolute atomic E-state index is 0.160. The van der Waals surface area contributed by atoms with Crippen LogP contribution in [0.1, 0.15) is 16.1 Å². The molecule has 1 aromatic heterocycles. The molecule has 0 fully saturated rings. The minimum Gasteiger partial charge on any atom is -0.286 e. The molecule has 11 heavy (non-hydrogen) atoms. The lowest BCUT2D eigenvalue weighted by atomic mass is 10.1. The number of hydrazine groups is 1. The first kappa shape index (κ1) is 6.30. The first-order valence-electron chi connectivity index (χ1n) is 3.35. The zero-order valence-electron chi connectivity index (χ0n) is 5.79. The Morgan fingerprint density at radius 2 is 2.45 bits per heavy atom. The lowest BCUT2D eigenvalue weighted by Crippen LogP contribution is -2.42. The van der Waals surface area contributed by atoms with Gasteiger partial charge in [-0.2, -0.15) is 0 Å². The van der Waals surface area contributed by atoms with Crippen molar-refractivity contribution in [3.63, 3.8) is 0 Å². The van der Waals surface area contributed by atoms with E-state index in [1.54, 1.807) is 6.20 Å². The largest absolute Gasteiger partial charge is 0.286 e. The number of nitrogens with zero attached hydrogens (tertiary/aromatic N) is 1. The zero-order chi connectivity index (χ0) is 7.68. The molecule has 0 saturated carbocycles. The van der Waals surface area contributed by atoms with E-state index in [1.807, 2.05) is 12.1 Å². The first-order chi connectivity index (χ1) is 5.38. The molecule has 0 atom stereocenters. The predicted octanol–water partition coefficient (Wildman–Crippen LogP) is -0.170. The molecule has 0 spiro atoms. The van der Waals surface area contributed by atoms with Crippen LogP contribution in [-0.4, -0.2) is 10.9 Å². The number of aromatic nitrogens is 1. The van der Waals surface area contributed by atoms with E-state index in [9.17, 15) is 4.79 Å². The van der Waals surface area contributed by atoms with E-state index in [4.69, 9.17) is 0 Å². The zero-order valence-corrected chi connectivity index (χ0v) is 5.79. The average Bonchev–Trinajstić information content (AvgIpc) is 2.06. The van der Waals surface area contributed by atoms with Crippen LogP contribution in [0.3, 0.4) is 0 Å². The number of amides is 1. The molecular weight excluding hydrogens is 142 g/mol. The standard InChI is InChI=1S/C7H7N3O/c11-7-6-5(4-9-10-7)2-1-3-8-6/h1-3,9H,4H2,(H,10,11). The van der Waals surface area contributed by atoms with Gasteiger partial charge in [0.15, 0.2) is 0 Å². The molecular formula is C7H7N3O. The molecule has 0 saturated heterocycles. The molecule has 1 aromatic rings. The third-order valence-electron chi connectivity index (χ3n) is 1.59. The fourth-order valence-electron chi connectivity index (χ4n) is 1.06. The SMILES string of the molecule is O=C1NNCc2cccnc21. The maximum atomic E-state index is 11.0. The van der Waals surface area contributed by atoms with Gasteiger partial charge in [0.1, 0.15) is 5.69 Å². The summed E-state index contributed by atoms with van der Waals surface area (Å²) in [6.45, 7) is 0.648. The van der Waals surface area contributed by atoms with Gasteiger partial charge >= 0.3 is 0 Å². The second kappa shape index (κ2) is 2.32. The highest BCUT2D eigenvalue weighted by molar-refractivity contribution is 5.94. The molecule has 56 valence electrons. The molecule has 1 aliphatic rings. The third-order valence-corrected chi connectivity index (χ3v) is 1.59. The van der Waals surface area contributed by atoms with Crippen LogP contribution in [0.15, 0.2) is 18.3 Å². The van der Waals surface area contributed by atoms with Crippen molar-refractivity contribution in [1.29, 1.82) is 0 Å². The van der Waals surface area contributed by atoms with Crippen LogP contribution in [0.25, 0.3) is 0 Å². The second-order valence-electron chi connectivity index (χ2n) is 2.32. The second-order valence-corrected chi connectivity index (χ2v) is 2.32. The van der Waals surface area contributed by atoms with Gasteiger partial charge in [-0.15, -0.1) is 0 Å². The Morgan fingerprint density at radius 1 is 1.55 bits per heavy atom. The monoisotopic (exact) mass is 149 g/mol. The van der Waals surface area contributed by atoms with E-state index in [0.717, 1.165) is 5.56 Å². The maximum Gasteiger partial charge on any atom is 0.284 e. The summed E-state index contributed by atoms with van der Waals surface area (Å²) in [7, 11) is 0.